The quantitative estimate of drug-likeness (QED) is 0.0332. The summed E-state index contributed by atoms with van der Waals surface area (Å²) in [7, 11) is 0. The van der Waals surface area contributed by atoms with E-state index < -0.39 is 36.3 Å². The highest BCUT2D eigenvalue weighted by molar-refractivity contribution is 8.02. The Hall–Kier alpha value is -3.39. The molecule has 0 aromatic heterocycles. The Morgan fingerprint density at radius 3 is 1.68 bits per heavy atom. The van der Waals surface area contributed by atoms with Gasteiger partial charge < -0.3 is 28.4 Å². The van der Waals surface area contributed by atoms with E-state index >= 15 is 0 Å². The van der Waals surface area contributed by atoms with E-state index in [1.54, 1.807) is 29.5 Å². The summed E-state index contributed by atoms with van der Waals surface area (Å²) in [5.74, 6) is 3.37. The van der Waals surface area contributed by atoms with E-state index in [-0.39, 0.29) is 65.0 Å². The lowest BCUT2D eigenvalue weighted by atomic mass is 10.2. The topological polar surface area (TPSA) is 141 Å². The van der Waals surface area contributed by atoms with Gasteiger partial charge in [0.25, 0.3) is 0 Å². The minimum Gasteiger partial charge on any atom is -0.465 e. The molecule has 0 aliphatic rings. The number of rotatable bonds is 26. The normalized spacial score (nSPS) is 11.3. The summed E-state index contributed by atoms with van der Waals surface area (Å²) in [6, 6.07) is 0. The van der Waals surface area contributed by atoms with Crippen molar-refractivity contribution in [1.82, 2.24) is 0 Å². The summed E-state index contributed by atoms with van der Waals surface area (Å²) >= 11 is 3.08. The molecular formula is C31H42O11S2. The highest BCUT2D eigenvalue weighted by Gasteiger charge is 2.12. The van der Waals surface area contributed by atoms with Crippen LogP contribution in [-0.2, 0) is 52.4 Å². The predicted octanol–water partition coefficient (Wildman–Crippen LogP) is 3.99. The number of terminal acetylenes is 2. The maximum atomic E-state index is 11.7. The Labute approximate surface area is 268 Å². The van der Waals surface area contributed by atoms with E-state index in [9.17, 15) is 24.0 Å². The molecule has 0 aromatic rings. The molecule has 244 valence electrons. The highest BCUT2D eigenvalue weighted by atomic mass is 32.2. The van der Waals surface area contributed by atoms with Crippen LogP contribution >= 0.6 is 23.5 Å². The first-order valence-electron chi connectivity index (χ1n) is 14.1. The van der Waals surface area contributed by atoms with Crippen molar-refractivity contribution in [2.45, 2.75) is 64.4 Å². The van der Waals surface area contributed by atoms with Crippen LogP contribution in [0.1, 0.15) is 58.3 Å². The molecule has 0 amide bonds. The van der Waals surface area contributed by atoms with Crippen molar-refractivity contribution in [2.24, 2.45) is 0 Å². The molecule has 0 N–H and O–H groups in total. The summed E-state index contributed by atoms with van der Waals surface area (Å²) in [5, 5.41) is 3.43. The van der Waals surface area contributed by atoms with Crippen LogP contribution in [0, 0.1) is 24.7 Å². The second kappa shape index (κ2) is 29.7. The fourth-order valence-electron chi connectivity index (χ4n) is 2.80. The molecule has 13 heteroatoms. The van der Waals surface area contributed by atoms with Crippen LogP contribution in [0.25, 0.3) is 0 Å². The lowest BCUT2D eigenvalue weighted by Crippen LogP contribution is -2.18. The van der Waals surface area contributed by atoms with Gasteiger partial charge in [0.05, 0.1) is 32.5 Å². The molecule has 0 saturated heterocycles. The first-order chi connectivity index (χ1) is 21.3. The highest BCUT2D eigenvalue weighted by Crippen LogP contribution is 2.12. The summed E-state index contributed by atoms with van der Waals surface area (Å²) in [6.07, 6.45) is 16.7. The minimum absolute atomic E-state index is 0.00624. The van der Waals surface area contributed by atoms with Gasteiger partial charge in [0.2, 0.25) is 0 Å². The molecule has 0 aliphatic heterocycles. The minimum atomic E-state index is -0.753. The average Bonchev–Trinajstić information content (AvgIpc) is 2.99. The molecule has 1 unspecified atom stereocenters. The summed E-state index contributed by atoms with van der Waals surface area (Å²) in [6.45, 7) is 2.23. The van der Waals surface area contributed by atoms with E-state index in [0.717, 1.165) is 37.2 Å². The number of esters is 5. The van der Waals surface area contributed by atoms with Gasteiger partial charge in [0.1, 0.15) is 26.1 Å². The van der Waals surface area contributed by atoms with Gasteiger partial charge in [-0.1, -0.05) is 24.7 Å². The maximum absolute atomic E-state index is 11.7. The van der Waals surface area contributed by atoms with Crippen LogP contribution in [0.2, 0.25) is 0 Å². The SMILES string of the molecule is C#CCOC(C)COC(=O)/C=C/SCCCCCCS/C=C/C(=O)OCCCOC(=O)CC(=O)OCCCOC(=O)CC#C. The fraction of sp³-hybridized carbons (Fsp3) is 0.581. The van der Waals surface area contributed by atoms with Crippen molar-refractivity contribution >= 4 is 53.4 Å². The van der Waals surface area contributed by atoms with Gasteiger partial charge in [0.15, 0.2) is 0 Å². The zero-order chi connectivity index (χ0) is 32.7. The van der Waals surface area contributed by atoms with Gasteiger partial charge >= 0.3 is 29.8 Å². The van der Waals surface area contributed by atoms with E-state index in [1.165, 1.54) is 23.9 Å². The molecule has 1 atom stereocenters. The fourth-order valence-corrected chi connectivity index (χ4v) is 4.23. The van der Waals surface area contributed by atoms with Gasteiger partial charge in [0, 0.05) is 25.0 Å². The monoisotopic (exact) mass is 654 g/mol. The van der Waals surface area contributed by atoms with Crippen LogP contribution in [0.3, 0.4) is 0 Å². The van der Waals surface area contributed by atoms with E-state index in [1.807, 2.05) is 0 Å². The van der Waals surface area contributed by atoms with Crippen LogP contribution in [-0.4, -0.2) is 87.1 Å². The second-order valence-electron chi connectivity index (χ2n) is 8.81. The lowest BCUT2D eigenvalue weighted by molar-refractivity contribution is -0.155. The summed E-state index contributed by atoms with van der Waals surface area (Å²) in [4.78, 5) is 57.7. The molecule has 0 saturated carbocycles. The standard InChI is InChI=1S/C31H42O11S2/c1-4-12-27(32)38-16-10-18-40-30(35)24-31(36)41-19-11-17-39-28(33)13-22-43-20-8-6-7-9-21-44-23-14-29(34)42-25-26(3)37-15-5-2/h1-2,13-14,22-23,26H,6-12,15-21,24-25H2,3H3/b22-13+,23-14+. The first kappa shape index (κ1) is 40.6. The number of unbranched alkanes of at least 4 members (excludes halogenated alkanes) is 3. The van der Waals surface area contributed by atoms with Crippen molar-refractivity contribution in [3.63, 3.8) is 0 Å². The molecule has 0 radical (unpaired) electrons. The molecule has 0 fully saturated rings. The van der Waals surface area contributed by atoms with Crippen LogP contribution in [0.4, 0.5) is 0 Å². The third-order valence-electron chi connectivity index (χ3n) is 4.93. The predicted molar refractivity (Wildman–Crippen MR) is 168 cm³/mol. The zero-order valence-electron chi connectivity index (χ0n) is 25.2. The Morgan fingerprint density at radius 1 is 0.659 bits per heavy atom. The third-order valence-corrected chi connectivity index (χ3v) is 6.64. The van der Waals surface area contributed by atoms with Crippen LogP contribution in [0.15, 0.2) is 23.0 Å². The molecule has 0 aliphatic carbocycles. The largest absolute Gasteiger partial charge is 0.465 e. The van der Waals surface area contributed by atoms with Crippen LogP contribution < -0.4 is 0 Å². The van der Waals surface area contributed by atoms with Crippen molar-refractivity contribution in [3.05, 3.63) is 23.0 Å². The van der Waals surface area contributed by atoms with Crippen molar-refractivity contribution in [1.29, 1.82) is 0 Å². The first-order valence-corrected chi connectivity index (χ1v) is 16.2. The molecule has 0 rings (SSSR count). The number of ether oxygens (including phenoxy) is 6. The molecular weight excluding hydrogens is 612 g/mol. The van der Waals surface area contributed by atoms with E-state index in [4.69, 9.17) is 41.3 Å². The smallest absolute Gasteiger partial charge is 0.331 e. The van der Waals surface area contributed by atoms with Crippen molar-refractivity contribution in [3.8, 4) is 24.7 Å². The van der Waals surface area contributed by atoms with Crippen molar-refractivity contribution < 1.29 is 52.4 Å². The molecule has 0 bridgehead atoms. The molecule has 44 heavy (non-hydrogen) atoms. The van der Waals surface area contributed by atoms with Gasteiger partial charge in [-0.25, -0.2) is 9.59 Å². The molecule has 0 aromatic carbocycles. The number of thioether (sulfide) groups is 2. The number of hydrogen-bond acceptors (Lipinski definition) is 13. The zero-order valence-corrected chi connectivity index (χ0v) is 26.8. The number of carbonyl (C=O) groups is 5. The average molecular weight is 655 g/mol. The Bertz CT molecular complexity index is 996. The van der Waals surface area contributed by atoms with E-state index in [0.29, 0.717) is 0 Å². The Morgan fingerprint density at radius 2 is 1.16 bits per heavy atom. The summed E-state index contributed by atoms with van der Waals surface area (Å²) < 4.78 is 29.9. The second-order valence-corrected chi connectivity index (χ2v) is 10.8. The lowest BCUT2D eigenvalue weighted by Gasteiger charge is -2.10. The third kappa shape index (κ3) is 28.7. The Balaban J connectivity index is 3.60. The molecule has 0 heterocycles. The molecule has 0 spiro atoms. The van der Waals surface area contributed by atoms with Crippen molar-refractivity contribution in [2.75, 3.05) is 51.1 Å². The molecule has 11 nitrogen and oxygen atoms in total. The van der Waals surface area contributed by atoms with Gasteiger partial charge in [-0.05, 0) is 42.1 Å². The number of carbonyl (C=O) groups excluding carboxylic acids is 5. The number of hydrogen-bond donors (Lipinski definition) is 0. The van der Waals surface area contributed by atoms with Gasteiger partial charge in [-0.15, -0.1) is 36.4 Å². The van der Waals surface area contributed by atoms with Gasteiger partial charge in [-0.3, -0.25) is 14.4 Å². The Kier molecular flexibility index (Phi) is 27.4. The van der Waals surface area contributed by atoms with Crippen LogP contribution in [0.5, 0.6) is 0 Å². The van der Waals surface area contributed by atoms with E-state index in [2.05, 4.69) is 11.8 Å². The maximum Gasteiger partial charge on any atom is 0.331 e. The summed E-state index contributed by atoms with van der Waals surface area (Å²) in [5.41, 5.74) is 0. The van der Waals surface area contributed by atoms with Gasteiger partial charge in [-0.2, -0.15) is 0 Å².